The molecule has 1 aliphatic heterocycles. The molecule has 1 saturated heterocycles. The van der Waals surface area contributed by atoms with Crippen molar-refractivity contribution in [2.45, 2.75) is 24.9 Å². The molecule has 6 nitrogen and oxygen atoms in total. The average molecular weight is 276 g/mol. The van der Waals surface area contributed by atoms with Crippen LogP contribution >= 0.6 is 0 Å². The van der Waals surface area contributed by atoms with Gasteiger partial charge >= 0.3 is 12.1 Å². The fourth-order valence-corrected chi connectivity index (χ4v) is 2.38. The maximum Gasteiger partial charge on any atom is 0.411 e. The fourth-order valence-electron chi connectivity index (χ4n) is 2.38. The summed E-state index contributed by atoms with van der Waals surface area (Å²) in [6.07, 6.45) is 3.36. The van der Waals surface area contributed by atoms with E-state index in [-0.39, 0.29) is 12.6 Å². The van der Waals surface area contributed by atoms with E-state index in [0.29, 0.717) is 18.5 Å². The van der Waals surface area contributed by atoms with Gasteiger partial charge in [-0.2, -0.15) is 0 Å². The monoisotopic (exact) mass is 276 g/mol. The second-order valence-corrected chi connectivity index (χ2v) is 4.47. The Morgan fingerprint density at radius 1 is 1.50 bits per heavy atom. The number of carboxylic acids is 1. The highest BCUT2D eigenvalue weighted by atomic mass is 16.6. The van der Waals surface area contributed by atoms with Crippen molar-refractivity contribution >= 4 is 12.1 Å². The van der Waals surface area contributed by atoms with Gasteiger partial charge in [0.15, 0.2) is 0 Å². The quantitative estimate of drug-likeness (QED) is 0.851. The molecule has 106 valence electrons. The fraction of sp³-hybridized carbons (Fsp3) is 0.357. The third kappa shape index (κ3) is 2.79. The minimum absolute atomic E-state index is 0.0522. The van der Waals surface area contributed by atoms with E-state index in [4.69, 9.17) is 4.74 Å². The number of carbonyl (C=O) groups excluding carboxylic acids is 1. The van der Waals surface area contributed by atoms with E-state index in [1.54, 1.807) is 18.3 Å². The van der Waals surface area contributed by atoms with E-state index in [1.807, 2.05) is 6.07 Å². The van der Waals surface area contributed by atoms with Crippen molar-refractivity contribution in [3.63, 3.8) is 0 Å². The van der Waals surface area contributed by atoms with Crippen molar-refractivity contribution < 1.29 is 19.4 Å². The summed E-state index contributed by atoms with van der Waals surface area (Å²) < 4.78 is 4.99. The summed E-state index contributed by atoms with van der Waals surface area (Å²) in [6, 6.07) is 4.12. The number of rotatable bonds is 4. The highest BCUT2D eigenvalue weighted by Gasteiger charge is 2.43. The Labute approximate surface area is 116 Å². The van der Waals surface area contributed by atoms with Gasteiger partial charge in [0.05, 0.1) is 11.7 Å². The number of hydrogen-bond acceptors (Lipinski definition) is 4. The van der Waals surface area contributed by atoms with Crippen LogP contribution in [0, 0.1) is 0 Å². The van der Waals surface area contributed by atoms with Gasteiger partial charge < -0.3 is 9.84 Å². The summed E-state index contributed by atoms with van der Waals surface area (Å²) in [7, 11) is 0. The molecule has 1 aliphatic rings. The Morgan fingerprint density at radius 2 is 2.30 bits per heavy atom. The van der Waals surface area contributed by atoms with E-state index in [1.165, 1.54) is 11.0 Å². The number of hydrogen-bond donors (Lipinski definition) is 1. The van der Waals surface area contributed by atoms with E-state index < -0.39 is 18.1 Å². The van der Waals surface area contributed by atoms with Crippen LogP contribution in [0.4, 0.5) is 4.79 Å². The van der Waals surface area contributed by atoms with Crippen molar-refractivity contribution in [1.82, 2.24) is 9.88 Å². The zero-order valence-electron chi connectivity index (χ0n) is 10.9. The van der Waals surface area contributed by atoms with Crippen LogP contribution in [0.5, 0.6) is 0 Å². The largest absolute Gasteiger partial charge is 0.480 e. The topological polar surface area (TPSA) is 79.7 Å². The summed E-state index contributed by atoms with van der Waals surface area (Å²) >= 11 is 0. The van der Waals surface area contributed by atoms with E-state index in [2.05, 4.69) is 11.6 Å². The highest BCUT2D eigenvalue weighted by Crippen LogP contribution is 2.35. The van der Waals surface area contributed by atoms with Gasteiger partial charge in [0.1, 0.15) is 12.6 Å². The smallest absolute Gasteiger partial charge is 0.411 e. The average Bonchev–Trinajstić information content (AvgIpc) is 2.90. The van der Waals surface area contributed by atoms with Crippen LogP contribution in [-0.2, 0) is 9.53 Å². The summed E-state index contributed by atoms with van der Waals surface area (Å²) in [5, 5.41) is 9.23. The van der Waals surface area contributed by atoms with E-state index in [9.17, 15) is 14.7 Å². The molecule has 2 atom stereocenters. The SMILES string of the molecule is C=CCOC(=O)N1[C@@H](c2ccccn2)CC[C@H]1C(=O)O. The summed E-state index contributed by atoms with van der Waals surface area (Å²) in [6.45, 7) is 3.52. The minimum atomic E-state index is -1.03. The van der Waals surface area contributed by atoms with Gasteiger partial charge in [0, 0.05) is 6.20 Å². The lowest BCUT2D eigenvalue weighted by Gasteiger charge is -2.26. The third-order valence-electron chi connectivity index (χ3n) is 3.23. The zero-order chi connectivity index (χ0) is 14.5. The van der Waals surface area contributed by atoms with Crippen LogP contribution < -0.4 is 0 Å². The maximum atomic E-state index is 12.1. The van der Waals surface area contributed by atoms with Crippen LogP contribution in [-0.4, -0.2) is 39.7 Å². The molecule has 0 radical (unpaired) electrons. The first-order chi connectivity index (χ1) is 9.65. The van der Waals surface area contributed by atoms with Gasteiger partial charge in [-0.1, -0.05) is 18.7 Å². The molecule has 0 aromatic carbocycles. The number of amides is 1. The summed E-state index contributed by atoms with van der Waals surface area (Å²) in [5.41, 5.74) is 0.673. The van der Waals surface area contributed by atoms with Crippen LogP contribution in [0.2, 0.25) is 0 Å². The number of nitrogens with zero attached hydrogens (tertiary/aromatic N) is 2. The number of aliphatic carboxylic acids is 1. The molecule has 1 N–H and O–H groups in total. The predicted molar refractivity (Wildman–Crippen MR) is 71.0 cm³/mol. The number of likely N-dealkylation sites (tertiary alicyclic amines) is 1. The molecule has 0 aliphatic carbocycles. The first-order valence-electron chi connectivity index (χ1n) is 6.35. The number of pyridine rings is 1. The Hall–Kier alpha value is -2.37. The molecule has 1 aromatic heterocycles. The minimum Gasteiger partial charge on any atom is -0.480 e. The molecule has 2 rings (SSSR count). The zero-order valence-corrected chi connectivity index (χ0v) is 10.9. The maximum absolute atomic E-state index is 12.1. The van der Waals surface area contributed by atoms with Crippen LogP contribution in [0.25, 0.3) is 0 Å². The van der Waals surface area contributed by atoms with Gasteiger partial charge in [0.25, 0.3) is 0 Å². The molecule has 0 spiro atoms. The van der Waals surface area contributed by atoms with E-state index in [0.717, 1.165) is 0 Å². The Morgan fingerprint density at radius 3 is 2.90 bits per heavy atom. The van der Waals surface area contributed by atoms with Gasteiger partial charge in [0.2, 0.25) is 0 Å². The highest BCUT2D eigenvalue weighted by molar-refractivity contribution is 5.81. The number of ether oxygens (including phenoxy) is 1. The number of aromatic nitrogens is 1. The molecule has 0 saturated carbocycles. The predicted octanol–water partition coefficient (Wildman–Crippen LogP) is 1.99. The lowest BCUT2D eigenvalue weighted by atomic mass is 10.1. The second kappa shape index (κ2) is 6.18. The molecule has 1 fully saturated rings. The molecule has 0 bridgehead atoms. The van der Waals surface area contributed by atoms with Crippen LogP contribution in [0.15, 0.2) is 37.1 Å². The van der Waals surface area contributed by atoms with Crippen LogP contribution in [0.3, 0.4) is 0 Å². The third-order valence-corrected chi connectivity index (χ3v) is 3.23. The molecular weight excluding hydrogens is 260 g/mol. The molecule has 1 aromatic rings. The lowest BCUT2D eigenvalue weighted by Crippen LogP contribution is -2.42. The lowest BCUT2D eigenvalue weighted by molar-refractivity contribution is -0.142. The molecule has 6 heteroatoms. The second-order valence-electron chi connectivity index (χ2n) is 4.47. The molecule has 2 heterocycles. The Balaban J connectivity index is 2.25. The van der Waals surface area contributed by atoms with Crippen LogP contribution in [0.1, 0.15) is 24.6 Å². The molecular formula is C14H16N2O4. The van der Waals surface area contributed by atoms with Crippen molar-refractivity contribution in [3.8, 4) is 0 Å². The summed E-state index contributed by atoms with van der Waals surface area (Å²) in [4.78, 5) is 28.8. The Kier molecular flexibility index (Phi) is 4.34. The summed E-state index contributed by atoms with van der Waals surface area (Å²) in [5.74, 6) is -1.03. The standard InChI is InChI=1S/C14H16N2O4/c1-2-9-20-14(19)16-11(6-7-12(16)13(17)18)10-5-3-4-8-15-10/h2-5,8,11-12H,1,6-7,9H2,(H,17,18)/t11-,12+/m1/s1. The number of carboxylic acid groups (broad SMARTS) is 1. The van der Waals surface area contributed by atoms with Gasteiger partial charge in [-0.15, -0.1) is 0 Å². The van der Waals surface area contributed by atoms with Gasteiger partial charge in [-0.05, 0) is 25.0 Å². The Bertz CT molecular complexity index is 503. The van der Waals surface area contributed by atoms with Gasteiger partial charge in [-0.3, -0.25) is 9.88 Å². The van der Waals surface area contributed by atoms with Crippen molar-refractivity contribution in [2.24, 2.45) is 0 Å². The molecule has 1 amide bonds. The molecule has 20 heavy (non-hydrogen) atoms. The van der Waals surface area contributed by atoms with Gasteiger partial charge in [-0.25, -0.2) is 9.59 Å². The van der Waals surface area contributed by atoms with E-state index >= 15 is 0 Å². The molecule has 0 unspecified atom stereocenters. The van der Waals surface area contributed by atoms with Crippen molar-refractivity contribution in [3.05, 3.63) is 42.7 Å². The first-order valence-corrected chi connectivity index (χ1v) is 6.35. The number of carbonyl (C=O) groups is 2. The van der Waals surface area contributed by atoms with Crippen molar-refractivity contribution in [2.75, 3.05) is 6.61 Å². The normalized spacial score (nSPS) is 21.5. The first kappa shape index (κ1) is 14.0. The van der Waals surface area contributed by atoms with Crippen molar-refractivity contribution in [1.29, 1.82) is 0 Å².